The minimum atomic E-state index is 0.115. The highest BCUT2D eigenvalue weighted by Gasteiger charge is 2.10. The molecule has 0 bridgehead atoms. The molecule has 1 rings (SSSR count). The maximum atomic E-state index is 5.64. The molecule has 0 saturated heterocycles. The molecule has 1 heterocycles. The van der Waals surface area contributed by atoms with Gasteiger partial charge in [0.25, 0.3) is 0 Å². The maximum Gasteiger partial charge on any atom is 0.0827 e. The van der Waals surface area contributed by atoms with Gasteiger partial charge in [0.2, 0.25) is 0 Å². The summed E-state index contributed by atoms with van der Waals surface area (Å²) in [6.45, 7) is 26.6. The molecular weight excluding hydrogens is 688 g/mol. The van der Waals surface area contributed by atoms with Crippen molar-refractivity contribution in [2.45, 2.75) is 79.3 Å². The standard InChI is InChI=1S/C38H76N4O11/c1-37(2,3)10-8-7-9-36-35-42(41-40-36)12-14-44-16-18-46-20-22-48-24-26-50-28-30-52-32-34-53-33-31-51-29-27-49-25-23-47-21-19-45-17-15-43-13-11-39-38(4,5)6/h35,39H,7-34H2,1-6H3. The molecule has 0 spiro atoms. The van der Waals surface area contributed by atoms with E-state index in [1.54, 1.807) is 0 Å². The third-order valence-electron chi connectivity index (χ3n) is 7.28. The van der Waals surface area contributed by atoms with Gasteiger partial charge in [-0.05, 0) is 45.4 Å². The number of ether oxygens (including phenoxy) is 11. The summed E-state index contributed by atoms with van der Waals surface area (Å²) in [6, 6.07) is 0. The van der Waals surface area contributed by atoms with E-state index in [0.717, 1.165) is 25.1 Å². The first-order chi connectivity index (χ1) is 25.7. The van der Waals surface area contributed by atoms with Crippen LogP contribution in [0.25, 0.3) is 0 Å². The van der Waals surface area contributed by atoms with Gasteiger partial charge in [-0.15, -0.1) is 5.10 Å². The first kappa shape index (κ1) is 49.7. The average Bonchev–Trinajstić information content (AvgIpc) is 3.56. The topological polar surface area (TPSA) is 144 Å². The number of aryl methyl sites for hydroxylation is 1. The van der Waals surface area contributed by atoms with Crippen LogP contribution in [0.2, 0.25) is 0 Å². The number of nitrogens with one attached hydrogen (secondary N) is 1. The van der Waals surface area contributed by atoms with Crippen molar-refractivity contribution in [2.75, 3.05) is 152 Å². The van der Waals surface area contributed by atoms with Crippen molar-refractivity contribution >= 4 is 0 Å². The normalized spacial score (nSPS) is 12.3. The molecule has 15 nitrogen and oxygen atoms in total. The summed E-state index contributed by atoms with van der Waals surface area (Å²) >= 11 is 0. The quantitative estimate of drug-likeness (QED) is 0.0972. The first-order valence-electron chi connectivity index (χ1n) is 19.6. The Morgan fingerprint density at radius 3 is 1.15 bits per heavy atom. The van der Waals surface area contributed by atoms with E-state index in [-0.39, 0.29) is 5.54 Å². The van der Waals surface area contributed by atoms with E-state index < -0.39 is 0 Å². The largest absolute Gasteiger partial charge is 0.378 e. The number of hydrogen-bond donors (Lipinski definition) is 1. The Hall–Kier alpha value is -1.34. The van der Waals surface area contributed by atoms with Gasteiger partial charge in [0, 0.05) is 18.3 Å². The molecule has 314 valence electrons. The van der Waals surface area contributed by atoms with Crippen LogP contribution in [0.5, 0.6) is 0 Å². The Morgan fingerprint density at radius 1 is 0.472 bits per heavy atom. The van der Waals surface area contributed by atoms with Crippen molar-refractivity contribution in [3.8, 4) is 0 Å². The molecule has 15 heteroatoms. The van der Waals surface area contributed by atoms with Crippen LogP contribution in [0, 0.1) is 5.41 Å². The van der Waals surface area contributed by atoms with Crippen LogP contribution >= 0.6 is 0 Å². The van der Waals surface area contributed by atoms with Crippen molar-refractivity contribution in [3.63, 3.8) is 0 Å². The molecule has 1 aromatic rings. The van der Waals surface area contributed by atoms with Gasteiger partial charge in [0.15, 0.2) is 0 Å². The van der Waals surface area contributed by atoms with E-state index >= 15 is 0 Å². The Labute approximate surface area is 320 Å². The SMILES string of the molecule is CC(C)(C)CCCCc1cn(CCOCCOCCOCCOCCOCCOCCOCCOCCOCCOCCOCCNC(C)(C)C)nn1. The fourth-order valence-electron chi connectivity index (χ4n) is 4.48. The Kier molecular flexibility index (Phi) is 32.9. The van der Waals surface area contributed by atoms with Gasteiger partial charge in [0.1, 0.15) is 0 Å². The predicted molar refractivity (Wildman–Crippen MR) is 204 cm³/mol. The highest BCUT2D eigenvalue weighted by Crippen LogP contribution is 2.22. The third kappa shape index (κ3) is 38.7. The van der Waals surface area contributed by atoms with Crippen LogP contribution in [0.15, 0.2) is 6.20 Å². The van der Waals surface area contributed by atoms with Gasteiger partial charge in [-0.25, -0.2) is 4.68 Å². The summed E-state index contributed by atoms with van der Waals surface area (Å²) in [4.78, 5) is 0. The molecule has 0 saturated carbocycles. The second kappa shape index (κ2) is 35.1. The highest BCUT2D eigenvalue weighted by atomic mass is 16.6. The third-order valence-corrected chi connectivity index (χ3v) is 7.28. The van der Waals surface area contributed by atoms with Crippen LogP contribution in [0.1, 0.15) is 66.5 Å². The number of rotatable bonds is 40. The van der Waals surface area contributed by atoms with Gasteiger partial charge in [-0.3, -0.25) is 0 Å². The van der Waals surface area contributed by atoms with E-state index in [1.165, 1.54) is 12.8 Å². The second-order valence-electron chi connectivity index (χ2n) is 14.7. The van der Waals surface area contributed by atoms with E-state index in [1.807, 2.05) is 10.9 Å². The monoisotopic (exact) mass is 765 g/mol. The van der Waals surface area contributed by atoms with Crippen LogP contribution in [-0.4, -0.2) is 172 Å². The summed E-state index contributed by atoms with van der Waals surface area (Å²) in [5, 5.41) is 11.8. The molecule has 53 heavy (non-hydrogen) atoms. The first-order valence-corrected chi connectivity index (χ1v) is 19.6. The van der Waals surface area contributed by atoms with Crippen molar-refractivity contribution < 1.29 is 52.1 Å². The van der Waals surface area contributed by atoms with Crippen molar-refractivity contribution in [3.05, 3.63) is 11.9 Å². The van der Waals surface area contributed by atoms with Crippen molar-refractivity contribution in [2.24, 2.45) is 5.41 Å². The predicted octanol–water partition coefficient (Wildman–Crippen LogP) is 3.61. The van der Waals surface area contributed by atoms with Crippen LogP contribution in [-0.2, 0) is 65.1 Å². The van der Waals surface area contributed by atoms with E-state index in [2.05, 4.69) is 57.2 Å². The van der Waals surface area contributed by atoms with Crippen LogP contribution in [0.3, 0.4) is 0 Å². The minimum Gasteiger partial charge on any atom is -0.378 e. The van der Waals surface area contributed by atoms with E-state index in [9.17, 15) is 0 Å². The summed E-state index contributed by atoms with van der Waals surface area (Å²) in [5.41, 5.74) is 1.56. The molecule has 0 atom stereocenters. The van der Waals surface area contributed by atoms with Gasteiger partial charge in [0.05, 0.1) is 158 Å². The molecule has 0 radical (unpaired) electrons. The number of unbranched alkanes of at least 4 members (excludes halogenated alkanes) is 1. The molecule has 0 aromatic carbocycles. The lowest BCUT2D eigenvalue weighted by atomic mass is 9.89. The maximum absolute atomic E-state index is 5.64. The number of aromatic nitrogens is 3. The van der Waals surface area contributed by atoms with Crippen molar-refractivity contribution in [1.29, 1.82) is 0 Å². The lowest BCUT2D eigenvalue weighted by Gasteiger charge is -2.20. The van der Waals surface area contributed by atoms with Gasteiger partial charge in [-0.2, -0.15) is 0 Å². The zero-order chi connectivity index (χ0) is 38.6. The van der Waals surface area contributed by atoms with Gasteiger partial charge in [-0.1, -0.05) is 32.4 Å². The summed E-state index contributed by atoms with van der Waals surface area (Å²) in [7, 11) is 0. The molecule has 0 aliphatic carbocycles. The lowest BCUT2D eigenvalue weighted by molar-refractivity contribution is -0.0275. The number of nitrogens with zero attached hydrogens (tertiary/aromatic N) is 3. The molecule has 0 aliphatic heterocycles. The molecule has 0 fully saturated rings. The van der Waals surface area contributed by atoms with Gasteiger partial charge < -0.3 is 57.4 Å². The Morgan fingerprint density at radius 2 is 0.811 bits per heavy atom. The summed E-state index contributed by atoms with van der Waals surface area (Å²) < 4.78 is 62.6. The molecular formula is C38H76N4O11. The lowest BCUT2D eigenvalue weighted by Crippen LogP contribution is -2.38. The molecule has 0 amide bonds. The Bertz CT molecular complexity index is 900. The van der Waals surface area contributed by atoms with E-state index in [0.29, 0.717) is 157 Å². The molecule has 0 aliphatic rings. The highest BCUT2D eigenvalue weighted by molar-refractivity contribution is 4.92. The molecule has 1 N–H and O–H groups in total. The van der Waals surface area contributed by atoms with Crippen molar-refractivity contribution in [1.82, 2.24) is 20.3 Å². The van der Waals surface area contributed by atoms with Crippen LogP contribution in [0.4, 0.5) is 0 Å². The minimum absolute atomic E-state index is 0.115. The molecule has 0 unspecified atom stereocenters. The fourth-order valence-corrected chi connectivity index (χ4v) is 4.48. The Balaban J connectivity index is 1.67. The molecule has 1 aromatic heterocycles. The van der Waals surface area contributed by atoms with Crippen LogP contribution < -0.4 is 5.32 Å². The second-order valence-corrected chi connectivity index (χ2v) is 14.7. The number of hydrogen-bond acceptors (Lipinski definition) is 14. The zero-order valence-corrected chi connectivity index (χ0v) is 34.2. The average molecular weight is 765 g/mol. The van der Waals surface area contributed by atoms with Gasteiger partial charge >= 0.3 is 0 Å². The summed E-state index contributed by atoms with van der Waals surface area (Å²) in [6.07, 6.45) is 6.59. The smallest absolute Gasteiger partial charge is 0.0827 e. The van der Waals surface area contributed by atoms with E-state index in [4.69, 9.17) is 52.1 Å². The zero-order valence-electron chi connectivity index (χ0n) is 34.2. The fraction of sp³-hybridized carbons (Fsp3) is 0.947. The summed E-state index contributed by atoms with van der Waals surface area (Å²) in [5.74, 6) is 0.